The predicted molar refractivity (Wildman–Crippen MR) is 145 cm³/mol. The van der Waals surface area contributed by atoms with Crippen LogP contribution in [0.4, 0.5) is 17.1 Å². The van der Waals surface area contributed by atoms with Crippen LogP contribution in [0.2, 0.25) is 0 Å². The maximum absolute atomic E-state index is 12.9. The zero-order valence-corrected chi connectivity index (χ0v) is 21.0. The smallest absolute Gasteiger partial charge is 0.338 e. The minimum atomic E-state index is -0.657. The van der Waals surface area contributed by atoms with E-state index in [-0.39, 0.29) is 17.2 Å². The lowest BCUT2D eigenvalue weighted by Gasteiger charge is -2.13. The largest absolute Gasteiger partial charge is 0.452 e. The number of benzene rings is 3. The molecular weight excluding hydrogens is 514 g/mol. The molecule has 1 aliphatic heterocycles. The number of hydrogen-bond donors (Lipinski definition) is 1. The molecule has 1 heterocycles. The number of carbonyl (C=O) groups is 3. The summed E-state index contributed by atoms with van der Waals surface area (Å²) in [5.74, 6) is -1.47. The minimum Gasteiger partial charge on any atom is -0.452 e. The van der Waals surface area contributed by atoms with Crippen molar-refractivity contribution in [3.8, 4) is 0 Å². The molecule has 1 aliphatic rings. The second kappa shape index (κ2) is 11.1. The Bertz CT molecular complexity index is 1420. The van der Waals surface area contributed by atoms with Crippen molar-refractivity contribution in [3.05, 3.63) is 105 Å². The molecule has 0 spiro atoms. The van der Waals surface area contributed by atoms with Gasteiger partial charge in [0.25, 0.3) is 17.5 Å². The second-order valence-corrected chi connectivity index (χ2v) is 9.58. The van der Waals surface area contributed by atoms with Crippen molar-refractivity contribution in [1.82, 2.24) is 0 Å². The summed E-state index contributed by atoms with van der Waals surface area (Å²) in [6, 6.07) is 19.1. The highest BCUT2D eigenvalue weighted by molar-refractivity contribution is 8.27. The first-order chi connectivity index (χ1) is 17.7. The van der Waals surface area contributed by atoms with E-state index in [0.29, 0.717) is 26.2 Å². The number of non-ortho nitro benzene ring substituents is 1. The standard InChI is InChI=1S/C26H19N3O6S2/c1-16-2-8-19(9-3-16)27-23(30)15-35-25(32)18-6-4-17(5-7-18)14-22-24(31)28(26(36)37-22)20-10-12-21(13-11-20)29(33)34/h2-14H,15H2,1H3,(H,27,30)/b22-14+. The van der Waals surface area contributed by atoms with Crippen molar-refractivity contribution in [2.24, 2.45) is 0 Å². The normalized spacial score (nSPS) is 14.1. The Hall–Kier alpha value is -4.35. The van der Waals surface area contributed by atoms with Crippen LogP contribution in [0.5, 0.6) is 0 Å². The van der Waals surface area contributed by atoms with Gasteiger partial charge in [-0.05, 0) is 55.0 Å². The molecular formula is C26H19N3O6S2. The van der Waals surface area contributed by atoms with E-state index in [4.69, 9.17) is 17.0 Å². The first kappa shape index (κ1) is 25.7. The molecule has 186 valence electrons. The number of nitrogens with zero attached hydrogens (tertiary/aromatic N) is 2. The van der Waals surface area contributed by atoms with Gasteiger partial charge >= 0.3 is 5.97 Å². The van der Waals surface area contributed by atoms with Crippen molar-refractivity contribution in [2.75, 3.05) is 16.8 Å². The van der Waals surface area contributed by atoms with E-state index in [0.717, 1.165) is 17.3 Å². The summed E-state index contributed by atoms with van der Waals surface area (Å²) in [7, 11) is 0. The predicted octanol–water partition coefficient (Wildman–Crippen LogP) is 5.10. The lowest BCUT2D eigenvalue weighted by Crippen LogP contribution is -2.27. The molecule has 4 rings (SSSR count). The quantitative estimate of drug-likeness (QED) is 0.146. The van der Waals surface area contributed by atoms with Gasteiger partial charge in [-0.2, -0.15) is 0 Å². The van der Waals surface area contributed by atoms with Crippen LogP contribution in [0.15, 0.2) is 77.7 Å². The monoisotopic (exact) mass is 533 g/mol. The molecule has 0 unspecified atom stereocenters. The van der Waals surface area contributed by atoms with Crippen LogP contribution in [-0.4, -0.2) is 33.6 Å². The highest BCUT2D eigenvalue weighted by Crippen LogP contribution is 2.36. The van der Waals surface area contributed by atoms with Crippen LogP contribution in [-0.2, 0) is 14.3 Å². The van der Waals surface area contributed by atoms with Crippen molar-refractivity contribution in [2.45, 2.75) is 6.92 Å². The van der Waals surface area contributed by atoms with Crippen LogP contribution in [0.3, 0.4) is 0 Å². The van der Waals surface area contributed by atoms with Gasteiger partial charge in [0.2, 0.25) is 0 Å². The zero-order valence-electron chi connectivity index (χ0n) is 19.4. The van der Waals surface area contributed by atoms with Gasteiger partial charge in [0.1, 0.15) is 0 Å². The Labute approximate surface area is 221 Å². The van der Waals surface area contributed by atoms with Crippen molar-refractivity contribution in [1.29, 1.82) is 0 Å². The van der Waals surface area contributed by atoms with Crippen LogP contribution in [0.25, 0.3) is 6.08 Å². The molecule has 1 saturated heterocycles. The number of carbonyl (C=O) groups excluding carboxylic acids is 3. The Morgan fingerprint density at radius 2 is 1.70 bits per heavy atom. The molecule has 0 aliphatic carbocycles. The highest BCUT2D eigenvalue weighted by atomic mass is 32.2. The highest BCUT2D eigenvalue weighted by Gasteiger charge is 2.33. The van der Waals surface area contributed by atoms with E-state index < -0.39 is 23.4 Å². The summed E-state index contributed by atoms with van der Waals surface area (Å²) in [6.07, 6.45) is 1.63. The first-order valence-electron chi connectivity index (χ1n) is 10.9. The minimum absolute atomic E-state index is 0.0877. The number of thioether (sulfide) groups is 1. The Morgan fingerprint density at radius 3 is 2.32 bits per heavy atom. The summed E-state index contributed by atoms with van der Waals surface area (Å²) in [5.41, 5.74) is 2.91. The van der Waals surface area contributed by atoms with E-state index >= 15 is 0 Å². The maximum Gasteiger partial charge on any atom is 0.338 e. The molecule has 1 fully saturated rings. The zero-order chi connectivity index (χ0) is 26.5. The summed E-state index contributed by atoms with van der Waals surface area (Å²) in [6.45, 7) is 1.50. The van der Waals surface area contributed by atoms with Gasteiger partial charge in [-0.25, -0.2) is 4.79 Å². The number of nitrogens with one attached hydrogen (secondary N) is 1. The number of thiocarbonyl (C=S) groups is 1. The molecule has 0 radical (unpaired) electrons. The summed E-state index contributed by atoms with van der Waals surface area (Å²) >= 11 is 6.43. The summed E-state index contributed by atoms with van der Waals surface area (Å²) in [5, 5.41) is 13.5. The van der Waals surface area contributed by atoms with Crippen LogP contribution >= 0.6 is 24.0 Å². The molecule has 11 heteroatoms. The Morgan fingerprint density at radius 1 is 1.05 bits per heavy atom. The summed E-state index contributed by atoms with van der Waals surface area (Å²) in [4.78, 5) is 49.3. The molecule has 9 nitrogen and oxygen atoms in total. The van der Waals surface area contributed by atoms with Crippen molar-refractivity contribution >= 4 is 69.2 Å². The van der Waals surface area contributed by atoms with Gasteiger partial charge in [0.05, 0.1) is 21.1 Å². The van der Waals surface area contributed by atoms with Gasteiger partial charge in [-0.3, -0.25) is 24.6 Å². The van der Waals surface area contributed by atoms with Crippen LogP contribution in [0, 0.1) is 17.0 Å². The fourth-order valence-electron chi connectivity index (χ4n) is 3.33. The lowest BCUT2D eigenvalue weighted by molar-refractivity contribution is -0.384. The van der Waals surface area contributed by atoms with Gasteiger partial charge in [0.15, 0.2) is 10.9 Å². The van der Waals surface area contributed by atoms with E-state index in [1.165, 1.54) is 41.3 Å². The Kier molecular flexibility index (Phi) is 7.75. The third kappa shape index (κ3) is 6.26. The lowest BCUT2D eigenvalue weighted by atomic mass is 10.1. The van der Waals surface area contributed by atoms with Crippen molar-refractivity contribution < 1.29 is 24.0 Å². The number of anilines is 2. The molecule has 3 aromatic carbocycles. The van der Waals surface area contributed by atoms with Gasteiger partial charge < -0.3 is 10.1 Å². The van der Waals surface area contributed by atoms with Crippen molar-refractivity contribution in [3.63, 3.8) is 0 Å². The Balaban J connectivity index is 1.36. The van der Waals surface area contributed by atoms with E-state index in [1.54, 1.807) is 30.3 Å². The second-order valence-electron chi connectivity index (χ2n) is 7.90. The summed E-state index contributed by atoms with van der Waals surface area (Å²) < 4.78 is 5.39. The number of rotatable bonds is 7. The fraction of sp³-hybridized carbons (Fsp3) is 0.0769. The van der Waals surface area contributed by atoms with Gasteiger partial charge in [-0.15, -0.1) is 0 Å². The number of hydrogen-bond acceptors (Lipinski definition) is 8. The average Bonchev–Trinajstić information content (AvgIpc) is 3.16. The SMILES string of the molecule is Cc1ccc(NC(=O)COC(=O)c2ccc(/C=C3/SC(=S)N(c4ccc([N+](=O)[O-])cc4)C3=O)cc2)cc1. The molecule has 0 atom stereocenters. The number of amides is 2. The molecule has 3 aromatic rings. The third-order valence-electron chi connectivity index (χ3n) is 5.23. The van der Waals surface area contributed by atoms with Gasteiger partial charge in [0, 0.05) is 17.8 Å². The first-order valence-corrected chi connectivity index (χ1v) is 12.1. The van der Waals surface area contributed by atoms with E-state index in [2.05, 4.69) is 5.32 Å². The molecule has 2 amide bonds. The maximum atomic E-state index is 12.9. The van der Waals surface area contributed by atoms with E-state index in [9.17, 15) is 24.5 Å². The average molecular weight is 534 g/mol. The van der Waals surface area contributed by atoms with Gasteiger partial charge in [-0.1, -0.05) is 53.8 Å². The number of nitro groups is 1. The fourth-order valence-corrected chi connectivity index (χ4v) is 4.63. The number of esters is 1. The number of aryl methyl sites for hydroxylation is 1. The molecule has 0 aromatic heterocycles. The molecule has 37 heavy (non-hydrogen) atoms. The van der Waals surface area contributed by atoms with Crippen LogP contribution < -0.4 is 10.2 Å². The number of nitro benzene ring substituents is 1. The van der Waals surface area contributed by atoms with Crippen LogP contribution in [0.1, 0.15) is 21.5 Å². The molecule has 0 bridgehead atoms. The third-order valence-corrected chi connectivity index (χ3v) is 6.53. The van der Waals surface area contributed by atoms with E-state index in [1.807, 2.05) is 19.1 Å². The number of ether oxygens (including phenoxy) is 1. The molecule has 1 N–H and O–H groups in total. The molecule has 0 saturated carbocycles. The topological polar surface area (TPSA) is 119 Å².